The lowest BCUT2D eigenvalue weighted by molar-refractivity contribution is 0.0709. The van der Waals surface area contributed by atoms with E-state index in [1.165, 1.54) is 0 Å². The van der Waals surface area contributed by atoms with Crippen LogP contribution in [0.15, 0.2) is 28.9 Å². The summed E-state index contributed by atoms with van der Waals surface area (Å²) in [6.45, 7) is 2.73. The number of ether oxygens (including phenoxy) is 1. The average molecular weight is 275 g/mol. The second-order valence-electron chi connectivity index (χ2n) is 4.96. The molecule has 2 aromatic rings. The molecule has 6 heteroatoms. The van der Waals surface area contributed by atoms with Crippen LogP contribution < -0.4 is 5.32 Å². The quantitative estimate of drug-likeness (QED) is 0.894. The Morgan fingerprint density at radius 1 is 1.60 bits per heavy atom. The van der Waals surface area contributed by atoms with Crippen LogP contribution in [0.2, 0.25) is 0 Å². The highest BCUT2D eigenvalue weighted by atomic mass is 16.5. The summed E-state index contributed by atoms with van der Waals surface area (Å²) in [7, 11) is 0. The first-order valence-corrected chi connectivity index (χ1v) is 6.76. The number of amides is 1. The molecule has 0 aromatic carbocycles. The summed E-state index contributed by atoms with van der Waals surface area (Å²) < 4.78 is 10.8. The van der Waals surface area contributed by atoms with E-state index in [2.05, 4.69) is 15.5 Å². The zero-order valence-corrected chi connectivity index (χ0v) is 11.3. The molecule has 0 aliphatic carbocycles. The topological polar surface area (TPSA) is 80.2 Å². The molecule has 1 saturated heterocycles. The minimum absolute atomic E-state index is 0.0197. The predicted octanol–water partition coefficient (Wildman–Crippen LogP) is 1.97. The maximum Gasteiger partial charge on any atom is 0.272 e. The normalized spacial score (nSPS) is 19.9. The molecule has 20 heavy (non-hydrogen) atoms. The number of carbonyl (C=O) groups is 1. The number of H-pyrrole nitrogens is 1. The van der Waals surface area contributed by atoms with E-state index in [9.17, 15) is 4.79 Å². The summed E-state index contributed by atoms with van der Waals surface area (Å²) in [5, 5.41) is 9.73. The fraction of sp³-hybridized carbons (Fsp3) is 0.429. The lowest BCUT2D eigenvalue weighted by atomic mass is 10.1. The Morgan fingerprint density at radius 3 is 3.20 bits per heavy atom. The Hall–Kier alpha value is -2.08. The van der Waals surface area contributed by atoms with Crippen molar-refractivity contribution >= 4 is 5.91 Å². The van der Waals surface area contributed by atoms with Crippen LogP contribution in [0.4, 0.5) is 0 Å². The van der Waals surface area contributed by atoms with Crippen LogP contribution in [0.25, 0.3) is 11.5 Å². The molecule has 0 spiro atoms. The van der Waals surface area contributed by atoms with E-state index in [0.717, 1.165) is 19.4 Å². The lowest BCUT2D eigenvalue weighted by Crippen LogP contribution is -2.40. The van der Waals surface area contributed by atoms with E-state index in [-0.39, 0.29) is 18.1 Å². The zero-order chi connectivity index (χ0) is 13.9. The standard InChI is InChI=1S/C14H17N3O3/c1-9(12-4-2-6-19-12)15-14(18)11-8-10(16-17-11)13-5-3-7-20-13/h3,5,7-9,12H,2,4,6H2,1H3,(H,15,18)(H,16,17)/t9-,12-/m1/s1. The maximum atomic E-state index is 12.1. The SMILES string of the molecule is C[C@@H](NC(=O)c1cc(-c2ccco2)[nH]n1)[C@H]1CCCO1. The molecule has 1 aliphatic heterocycles. The minimum Gasteiger partial charge on any atom is -0.463 e. The third-order valence-electron chi connectivity index (χ3n) is 3.48. The summed E-state index contributed by atoms with van der Waals surface area (Å²) in [5.74, 6) is 0.450. The van der Waals surface area contributed by atoms with Gasteiger partial charge < -0.3 is 14.5 Å². The summed E-state index contributed by atoms with van der Waals surface area (Å²) in [6, 6.07) is 5.25. The summed E-state index contributed by atoms with van der Waals surface area (Å²) in [6.07, 6.45) is 3.72. The number of aromatic amines is 1. The van der Waals surface area contributed by atoms with Crippen molar-refractivity contribution in [3.63, 3.8) is 0 Å². The van der Waals surface area contributed by atoms with E-state index < -0.39 is 0 Å². The van der Waals surface area contributed by atoms with Gasteiger partial charge in [0.05, 0.1) is 18.4 Å². The number of aromatic nitrogens is 2. The van der Waals surface area contributed by atoms with Crippen molar-refractivity contribution in [3.8, 4) is 11.5 Å². The van der Waals surface area contributed by atoms with Crippen LogP contribution in [0.5, 0.6) is 0 Å². The summed E-state index contributed by atoms with van der Waals surface area (Å²) in [4.78, 5) is 12.1. The van der Waals surface area contributed by atoms with E-state index >= 15 is 0 Å². The van der Waals surface area contributed by atoms with Gasteiger partial charge in [-0.1, -0.05) is 0 Å². The number of carbonyl (C=O) groups excluding carboxylic acids is 1. The van der Waals surface area contributed by atoms with Gasteiger partial charge in [0.25, 0.3) is 5.91 Å². The average Bonchev–Trinajstić information content (AvgIpc) is 3.19. The van der Waals surface area contributed by atoms with Crippen LogP contribution in [-0.4, -0.2) is 34.9 Å². The first-order valence-electron chi connectivity index (χ1n) is 6.76. The van der Waals surface area contributed by atoms with Gasteiger partial charge in [-0.25, -0.2) is 0 Å². The molecule has 0 saturated carbocycles. The van der Waals surface area contributed by atoms with E-state index in [0.29, 0.717) is 17.1 Å². The van der Waals surface area contributed by atoms with Gasteiger partial charge in [-0.05, 0) is 31.9 Å². The van der Waals surface area contributed by atoms with Crippen LogP contribution in [-0.2, 0) is 4.74 Å². The number of nitrogens with zero attached hydrogens (tertiary/aromatic N) is 1. The van der Waals surface area contributed by atoms with Gasteiger partial charge in [-0.2, -0.15) is 5.10 Å². The van der Waals surface area contributed by atoms with Crippen LogP contribution in [0.1, 0.15) is 30.3 Å². The van der Waals surface area contributed by atoms with Crippen LogP contribution in [0, 0.1) is 0 Å². The molecule has 0 unspecified atom stereocenters. The first kappa shape index (κ1) is 12.9. The van der Waals surface area contributed by atoms with Gasteiger partial charge in [-0.15, -0.1) is 0 Å². The Kier molecular flexibility index (Phi) is 3.56. The van der Waals surface area contributed by atoms with Gasteiger partial charge in [0.15, 0.2) is 11.5 Å². The molecule has 3 rings (SSSR count). The molecule has 2 N–H and O–H groups in total. The summed E-state index contributed by atoms with van der Waals surface area (Å²) in [5.41, 5.74) is 1.03. The number of furan rings is 1. The van der Waals surface area contributed by atoms with Crippen LogP contribution >= 0.6 is 0 Å². The molecule has 106 valence electrons. The molecule has 1 amide bonds. The minimum atomic E-state index is -0.206. The van der Waals surface area contributed by atoms with Crippen LogP contribution in [0.3, 0.4) is 0 Å². The van der Waals surface area contributed by atoms with Gasteiger partial charge in [0.1, 0.15) is 5.69 Å². The van der Waals surface area contributed by atoms with Crippen molar-refractivity contribution < 1.29 is 13.9 Å². The smallest absolute Gasteiger partial charge is 0.272 e. The molecule has 0 bridgehead atoms. The number of hydrogen-bond acceptors (Lipinski definition) is 4. The lowest BCUT2D eigenvalue weighted by Gasteiger charge is -2.19. The number of hydrogen-bond donors (Lipinski definition) is 2. The van der Waals surface area contributed by atoms with Gasteiger partial charge in [0, 0.05) is 12.7 Å². The second kappa shape index (κ2) is 5.50. The highest BCUT2D eigenvalue weighted by Gasteiger charge is 2.24. The Balaban J connectivity index is 1.65. The molecule has 1 fully saturated rings. The second-order valence-corrected chi connectivity index (χ2v) is 4.96. The van der Waals surface area contributed by atoms with Crippen molar-refractivity contribution in [2.24, 2.45) is 0 Å². The fourth-order valence-corrected chi connectivity index (χ4v) is 2.37. The molecular formula is C14H17N3O3. The van der Waals surface area contributed by atoms with Gasteiger partial charge >= 0.3 is 0 Å². The number of rotatable bonds is 4. The highest BCUT2D eigenvalue weighted by Crippen LogP contribution is 2.18. The fourth-order valence-electron chi connectivity index (χ4n) is 2.37. The molecule has 3 heterocycles. The summed E-state index contributed by atoms with van der Waals surface area (Å²) >= 11 is 0. The monoisotopic (exact) mass is 275 g/mol. The molecule has 2 aromatic heterocycles. The van der Waals surface area contributed by atoms with Crippen molar-refractivity contribution in [1.29, 1.82) is 0 Å². The van der Waals surface area contributed by atoms with Gasteiger partial charge in [-0.3, -0.25) is 9.89 Å². The van der Waals surface area contributed by atoms with Crippen molar-refractivity contribution in [3.05, 3.63) is 30.2 Å². The first-order chi connectivity index (χ1) is 9.74. The van der Waals surface area contributed by atoms with E-state index in [1.54, 1.807) is 18.4 Å². The van der Waals surface area contributed by atoms with E-state index in [4.69, 9.17) is 9.15 Å². The van der Waals surface area contributed by atoms with Crippen molar-refractivity contribution in [2.45, 2.75) is 31.9 Å². The van der Waals surface area contributed by atoms with E-state index in [1.807, 2.05) is 13.0 Å². The number of nitrogens with one attached hydrogen (secondary N) is 2. The van der Waals surface area contributed by atoms with Crippen molar-refractivity contribution in [2.75, 3.05) is 6.61 Å². The largest absolute Gasteiger partial charge is 0.463 e. The Labute approximate surface area is 116 Å². The molecule has 1 aliphatic rings. The third kappa shape index (κ3) is 2.60. The molecule has 2 atom stereocenters. The van der Waals surface area contributed by atoms with Gasteiger partial charge in [0.2, 0.25) is 0 Å². The maximum absolute atomic E-state index is 12.1. The highest BCUT2D eigenvalue weighted by molar-refractivity contribution is 5.93. The molecule has 0 radical (unpaired) electrons. The molecule has 6 nitrogen and oxygen atoms in total. The third-order valence-corrected chi connectivity index (χ3v) is 3.48. The predicted molar refractivity (Wildman–Crippen MR) is 72.2 cm³/mol. The Morgan fingerprint density at radius 2 is 2.50 bits per heavy atom. The Bertz CT molecular complexity index is 570. The molecular weight excluding hydrogens is 258 g/mol. The zero-order valence-electron chi connectivity index (χ0n) is 11.3. The van der Waals surface area contributed by atoms with Crippen molar-refractivity contribution in [1.82, 2.24) is 15.5 Å².